The minimum Gasteiger partial charge on any atom is -0.449 e. The number of carbonyl (C=O) groups is 1. The van der Waals surface area contributed by atoms with Gasteiger partial charge < -0.3 is 4.42 Å². The van der Waals surface area contributed by atoms with Gasteiger partial charge in [-0.05, 0) is 39.9 Å². The van der Waals surface area contributed by atoms with Crippen LogP contribution in [0.25, 0.3) is 11.4 Å². The van der Waals surface area contributed by atoms with Crippen LogP contribution in [0.5, 0.6) is 0 Å². The molecule has 0 spiro atoms. The van der Waals surface area contributed by atoms with Crippen molar-refractivity contribution in [1.82, 2.24) is 25.6 Å². The van der Waals surface area contributed by atoms with E-state index in [0.29, 0.717) is 11.6 Å². The van der Waals surface area contributed by atoms with E-state index >= 15 is 0 Å². The average Bonchev–Trinajstić information content (AvgIpc) is 3.17. The molecule has 0 fully saturated rings. The number of nitrogens with one attached hydrogen (secondary N) is 1. The molecule has 1 N–H and O–H groups in total. The van der Waals surface area contributed by atoms with E-state index < -0.39 is 0 Å². The van der Waals surface area contributed by atoms with Crippen LogP contribution in [0.1, 0.15) is 5.76 Å². The first-order valence-corrected chi connectivity index (χ1v) is 7.69. The molecule has 0 saturated carbocycles. The molecular formula is C14H11IN6O2. The topological polar surface area (TPSA) is 98.2 Å². The minimum atomic E-state index is -0.362. The number of furan rings is 1. The summed E-state index contributed by atoms with van der Waals surface area (Å²) in [6.07, 6.45) is 1.42. The van der Waals surface area contributed by atoms with Crippen LogP contribution in [-0.4, -0.2) is 32.3 Å². The van der Waals surface area contributed by atoms with E-state index in [-0.39, 0.29) is 12.5 Å². The molecule has 8 nitrogen and oxygen atoms in total. The maximum absolute atomic E-state index is 11.8. The number of hydrogen-bond donors (Lipinski definition) is 1. The Bertz CT molecular complexity index is 827. The van der Waals surface area contributed by atoms with Crippen molar-refractivity contribution >= 4 is 34.7 Å². The monoisotopic (exact) mass is 422 g/mol. The number of amides is 1. The first-order chi connectivity index (χ1) is 11.2. The maximum Gasteiger partial charge on any atom is 0.263 e. The average molecular weight is 422 g/mol. The third-order valence-corrected chi connectivity index (χ3v) is 3.32. The van der Waals surface area contributed by atoms with Gasteiger partial charge in [-0.15, -0.1) is 10.2 Å². The van der Waals surface area contributed by atoms with E-state index in [9.17, 15) is 4.79 Å². The fourth-order valence-corrected chi connectivity index (χ4v) is 2.18. The highest BCUT2D eigenvalue weighted by molar-refractivity contribution is 14.1. The number of nitrogens with zero attached hydrogens (tertiary/aromatic N) is 5. The fourth-order valence-electron chi connectivity index (χ4n) is 1.74. The van der Waals surface area contributed by atoms with Crippen molar-refractivity contribution in [3.05, 3.63) is 52.0 Å². The Hall–Kier alpha value is -2.56. The molecule has 2 heterocycles. The summed E-state index contributed by atoms with van der Waals surface area (Å²) in [7, 11) is 0. The van der Waals surface area contributed by atoms with E-state index in [1.165, 1.54) is 11.0 Å². The first-order valence-electron chi connectivity index (χ1n) is 6.61. The first kappa shape index (κ1) is 15.3. The second-order valence-corrected chi connectivity index (χ2v) is 5.51. The predicted octanol–water partition coefficient (Wildman–Crippen LogP) is 1.69. The van der Waals surface area contributed by atoms with Gasteiger partial charge >= 0.3 is 0 Å². The lowest BCUT2D eigenvalue weighted by Gasteiger charge is -1.97. The molecule has 0 unspecified atom stereocenters. The van der Waals surface area contributed by atoms with E-state index in [1.54, 1.807) is 12.1 Å². The molecule has 0 aliphatic heterocycles. The number of halogens is 1. The van der Waals surface area contributed by atoms with Gasteiger partial charge in [0.25, 0.3) is 5.91 Å². The molecule has 0 saturated heterocycles. The van der Waals surface area contributed by atoms with Crippen molar-refractivity contribution in [2.75, 3.05) is 0 Å². The van der Waals surface area contributed by atoms with Crippen LogP contribution < -0.4 is 5.43 Å². The zero-order valence-corrected chi connectivity index (χ0v) is 13.9. The molecule has 3 aromatic rings. The lowest BCUT2D eigenvalue weighted by atomic mass is 10.2. The Labute approximate surface area is 144 Å². The number of aromatic nitrogens is 4. The zero-order chi connectivity index (χ0) is 16.1. The van der Waals surface area contributed by atoms with E-state index in [2.05, 4.69) is 25.9 Å². The highest BCUT2D eigenvalue weighted by Gasteiger charge is 2.08. The van der Waals surface area contributed by atoms with Gasteiger partial charge in [0.2, 0.25) is 5.82 Å². The highest BCUT2D eigenvalue weighted by atomic mass is 127. The summed E-state index contributed by atoms with van der Waals surface area (Å²) in [5, 5.41) is 15.7. The van der Waals surface area contributed by atoms with Gasteiger partial charge in [-0.25, -0.2) is 5.43 Å². The van der Waals surface area contributed by atoms with Crippen LogP contribution >= 0.6 is 22.6 Å². The molecule has 0 aliphatic rings. The van der Waals surface area contributed by atoms with Crippen LogP contribution in [-0.2, 0) is 11.3 Å². The molecule has 0 bridgehead atoms. The highest BCUT2D eigenvalue weighted by Crippen LogP contribution is 2.11. The zero-order valence-electron chi connectivity index (χ0n) is 11.8. The van der Waals surface area contributed by atoms with E-state index in [0.717, 1.165) is 9.33 Å². The number of benzene rings is 1. The SMILES string of the molecule is O=C(Cn1nnc(-c2ccccc2)n1)NN=Cc1ccc(I)o1. The molecule has 0 radical (unpaired) electrons. The molecule has 0 aliphatic carbocycles. The molecule has 1 aromatic carbocycles. The fraction of sp³-hybridized carbons (Fsp3) is 0.0714. The molecule has 23 heavy (non-hydrogen) atoms. The van der Waals surface area contributed by atoms with Crippen LogP contribution in [0.15, 0.2) is 52.0 Å². The van der Waals surface area contributed by atoms with Crippen molar-refractivity contribution in [2.45, 2.75) is 6.54 Å². The number of carbonyl (C=O) groups excluding carboxylic acids is 1. The van der Waals surface area contributed by atoms with E-state index in [1.807, 2.05) is 52.9 Å². The van der Waals surface area contributed by atoms with Crippen molar-refractivity contribution in [3.8, 4) is 11.4 Å². The van der Waals surface area contributed by atoms with Gasteiger partial charge in [-0.2, -0.15) is 9.90 Å². The van der Waals surface area contributed by atoms with Gasteiger partial charge in [-0.3, -0.25) is 4.79 Å². The van der Waals surface area contributed by atoms with Gasteiger partial charge in [0, 0.05) is 5.56 Å². The summed E-state index contributed by atoms with van der Waals surface area (Å²) in [4.78, 5) is 13.0. The summed E-state index contributed by atoms with van der Waals surface area (Å²) < 4.78 is 6.03. The quantitative estimate of drug-likeness (QED) is 0.384. The molecule has 2 aromatic heterocycles. The van der Waals surface area contributed by atoms with Gasteiger partial charge in [0.1, 0.15) is 12.3 Å². The Morgan fingerprint density at radius 3 is 2.87 bits per heavy atom. The Balaban J connectivity index is 1.56. The number of hydrogen-bond acceptors (Lipinski definition) is 6. The van der Waals surface area contributed by atoms with E-state index in [4.69, 9.17) is 4.42 Å². The maximum atomic E-state index is 11.8. The van der Waals surface area contributed by atoms with Gasteiger partial charge in [-0.1, -0.05) is 30.3 Å². The number of rotatable bonds is 5. The molecular weight excluding hydrogens is 411 g/mol. The normalized spacial score (nSPS) is 11.0. The second kappa shape index (κ2) is 7.13. The molecule has 116 valence electrons. The van der Waals surface area contributed by atoms with Gasteiger partial charge in [0.05, 0.1) is 6.21 Å². The molecule has 1 amide bonds. The van der Waals surface area contributed by atoms with Crippen molar-refractivity contribution in [2.24, 2.45) is 5.10 Å². The number of tetrazole rings is 1. The number of hydrazone groups is 1. The largest absolute Gasteiger partial charge is 0.449 e. The summed E-state index contributed by atoms with van der Waals surface area (Å²) in [5.41, 5.74) is 3.21. The predicted molar refractivity (Wildman–Crippen MR) is 90.4 cm³/mol. The smallest absolute Gasteiger partial charge is 0.263 e. The lowest BCUT2D eigenvalue weighted by Crippen LogP contribution is -2.24. The second-order valence-electron chi connectivity index (χ2n) is 4.44. The Kier molecular flexibility index (Phi) is 4.76. The van der Waals surface area contributed by atoms with Crippen molar-refractivity contribution < 1.29 is 9.21 Å². The third-order valence-electron chi connectivity index (χ3n) is 2.74. The van der Waals surface area contributed by atoms with Crippen molar-refractivity contribution in [1.29, 1.82) is 0 Å². The van der Waals surface area contributed by atoms with Crippen LogP contribution in [0.2, 0.25) is 0 Å². The van der Waals surface area contributed by atoms with Crippen LogP contribution in [0, 0.1) is 3.77 Å². The third kappa shape index (κ3) is 4.22. The molecule has 3 rings (SSSR count). The summed E-state index contributed by atoms with van der Waals surface area (Å²) >= 11 is 2.05. The standard InChI is InChI=1S/C14H11IN6O2/c15-12-7-6-11(23-12)8-16-17-13(22)9-21-19-14(18-20-21)10-4-2-1-3-5-10/h1-8H,9H2,(H,17,22). The minimum absolute atomic E-state index is 0.0765. The Morgan fingerprint density at radius 1 is 1.30 bits per heavy atom. The summed E-state index contributed by atoms with van der Waals surface area (Å²) in [6.45, 7) is -0.0765. The van der Waals surface area contributed by atoms with Gasteiger partial charge in [0.15, 0.2) is 3.77 Å². The summed E-state index contributed by atoms with van der Waals surface area (Å²) in [6, 6.07) is 13.0. The van der Waals surface area contributed by atoms with Crippen LogP contribution in [0.3, 0.4) is 0 Å². The van der Waals surface area contributed by atoms with Crippen LogP contribution in [0.4, 0.5) is 0 Å². The summed E-state index contributed by atoms with van der Waals surface area (Å²) in [5.74, 6) is 0.659. The molecule has 9 heteroatoms. The lowest BCUT2D eigenvalue weighted by molar-refractivity contribution is -0.122. The Morgan fingerprint density at radius 2 is 2.13 bits per heavy atom. The molecule has 0 atom stereocenters. The van der Waals surface area contributed by atoms with Crippen molar-refractivity contribution in [3.63, 3.8) is 0 Å².